The monoisotopic (exact) mass is 275 g/mol. The van der Waals surface area contributed by atoms with E-state index in [0.29, 0.717) is 0 Å². The van der Waals surface area contributed by atoms with Crippen LogP contribution >= 0.6 is 0 Å². The van der Waals surface area contributed by atoms with Gasteiger partial charge in [-0.15, -0.1) is 0 Å². The summed E-state index contributed by atoms with van der Waals surface area (Å²) in [5.41, 5.74) is 2.25. The van der Waals surface area contributed by atoms with E-state index >= 15 is 0 Å². The van der Waals surface area contributed by atoms with Gasteiger partial charge in [0.05, 0.1) is 5.92 Å². The summed E-state index contributed by atoms with van der Waals surface area (Å²) in [6.07, 6.45) is 2.74. The van der Waals surface area contributed by atoms with Crippen molar-refractivity contribution >= 4 is 11.9 Å². The van der Waals surface area contributed by atoms with E-state index in [1.54, 1.807) is 13.8 Å². The quantitative estimate of drug-likeness (QED) is 0.886. The lowest BCUT2D eigenvalue weighted by Crippen LogP contribution is -2.46. The van der Waals surface area contributed by atoms with E-state index in [9.17, 15) is 14.7 Å². The smallest absolute Gasteiger partial charge is 0.326 e. The highest BCUT2D eigenvalue weighted by molar-refractivity contribution is 5.88. The number of rotatable bonds is 4. The van der Waals surface area contributed by atoms with E-state index in [1.807, 2.05) is 24.3 Å². The van der Waals surface area contributed by atoms with Gasteiger partial charge in [-0.2, -0.15) is 0 Å². The Labute approximate surface area is 119 Å². The first-order valence-electron chi connectivity index (χ1n) is 7.11. The summed E-state index contributed by atoms with van der Waals surface area (Å²) in [4.78, 5) is 23.6. The van der Waals surface area contributed by atoms with Crippen LogP contribution in [0.1, 0.15) is 43.7 Å². The number of benzene rings is 1. The molecule has 0 aliphatic heterocycles. The highest BCUT2D eigenvalue weighted by atomic mass is 16.4. The van der Waals surface area contributed by atoms with Crippen LogP contribution < -0.4 is 5.32 Å². The average molecular weight is 275 g/mol. The first-order valence-corrected chi connectivity index (χ1v) is 7.11. The molecule has 0 spiro atoms. The van der Waals surface area contributed by atoms with Gasteiger partial charge in [-0.1, -0.05) is 38.1 Å². The van der Waals surface area contributed by atoms with Crippen LogP contribution in [0.2, 0.25) is 0 Å². The zero-order valence-corrected chi connectivity index (χ0v) is 11.9. The molecule has 2 atom stereocenters. The molecular formula is C16H21NO3. The van der Waals surface area contributed by atoms with Crippen molar-refractivity contribution in [1.29, 1.82) is 0 Å². The molecule has 1 amide bonds. The topological polar surface area (TPSA) is 66.4 Å². The number of carboxylic acid groups (broad SMARTS) is 1. The minimum atomic E-state index is -0.975. The van der Waals surface area contributed by atoms with E-state index in [0.717, 1.165) is 24.8 Å². The van der Waals surface area contributed by atoms with Gasteiger partial charge in [-0.05, 0) is 36.3 Å². The predicted molar refractivity (Wildman–Crippen MR) is 76.5 cm³/mol. The lowest BCUT2D eigenvalue weighted by Gasteiger charge is -2.27. The molecular weight excluding hydrogens is 254 g/mol. The summed E-state index contributed by atoms with van der Waals surface area (Å²) >= 11 is 0. The van der Waals surface area contributed by atoms with Gasteiger partial charge in [-0.3, -0.25) is 4.79 Å². The largest absolute Gasteiger partial charge is 0.480 e. The van der Waals surface area contributed by atoms with E-state index < -0.39 is 12.0 Å². The zero-order valence-electron chi connectivity index (χ0n) is 11.9. The molecule has 1 aromatic carbocycles. The molecule has 1 unspecified atom stereocenters. The van der Waals surface area contributed by atoms with Crippen molar-refractivity contribution in [1.82, 2.24) is 5.32 Å². The van der Waals surface area contributed by atoms with Crippen molar-refractivity contribution in [3.05, 3.63) is 35.4 Å². The van der Waals surface area contributed by atoms with E-state index in [2.05, 4.69) is 5.32 Å². The molecule has 108 valence electrons. The molecule has 2 rings (SSSR count). The van der Waals surface area contributed by atoms with Crippen molar-refractivity contribution in [3.63, 3.8) is 0 Å². The molecule has 0 aromatic heterocycles. The van der Waals surface area contributed by atoms with E-state index in [1.165, 1.54) is 5.56 Å². The molecule has 4 heteroatoms. The molecule has 0 heterocycles. The Morgan fingerprint density at radius 3 is 2.65 bits per heavy atom. The number of nitrogens with one attached hydrogen (secondary N) is 1. The Balaban J connectivity index is 2.16. The highest BCUT2D eigenvalue weighted by Gasteiger charge is 2.30. The summed E-state index contributed by atoms with van der Waals surface area (Å²) < 4.78 is 0. The van der Waals surface area contributed by atoms with Gasteiger partial charge in [-0.25, -0.2) is 4.79 Å². The Morgan fingerprint density at radius 2 is 2.00 bits per heavy atom. The Morgan fingerprint density at radius 1 is 1.30 bits per heavy atom. The molecule has 0 saturated heterocycles. The highest BCUT2D eigenvalue weighted by Crippen LogP contribution is 2.31. The van der Waals surface area contributed by atoms with Crippen molar-refractivity contribution in [3.8, 4) is 0 Å². The molecule has 20 heavy (non-hydrogen) atoms. The number of aliphatic carboxylic acids is 1. The molecule has 1 aromatic rings. The standard InChI is InChI=1S/C16H21NO3/c1-10(2)14(16(19)20)17-15(18)13-9-5-7-11-6-3-4-8-12(11)13/h3-4,6,8,10,13-14H,5,7,9H2,1-2H3,(H,17,18)(H,19,20)/t13?,14-/m0/s1. The number of carbonyl (C=O) groups is 2. The summed E-state index contributed by atoms with van der Waals surface area (Å²) in [6, 6.07) is 7.11. The second kappa shape index (κ2) is 6.07. The van der Waals surface area contributed by atoms with Crippen LogP contribution in [0.5, 0.6) is 0 Å². The normalized spacial score (nSPS) is 19.2. The summed E-state index contributed by atoms with van der Waals surface area (Å²) in [5.74, 6) is -1.49. The van der Waals surface area contributed by atoms with Gasteiger partial charge in [0, 0.05) is 0 Å². The van der Waals surface area contributed by atoms with Gasteiger partial charge >= 0.3 is 5.97 Å². The van der Waals surface area contributed by atoms with E-state index in [-0.39, 0.29) is 17.7 Å². The van der Waals surface area contributed by atoms with Crippen LogP contribution in [0.3, 0.4) is 0 Å². The zero-order chi connectivity index (χ0) is 14.7. The second-order valence-corrected chi connectivity index (χ2v) is 5.71. The second-order valence-electron chi connectivity index (χ2n) is 5.71. The van der Waals surface area contributed by atoms with E-state index in [4.69, 9.17) is 0 Å². The number of amides is 1. The van der Waals surface area contributed by atoms with Gasteiger partial charge < -0.3 is 10.4 Å². The minimum absolute atomic E-state index is 0.129. The third-order valence-electron chi connectivity index (χ3n) is 3.92. The van der Waals surface area contributed by atoms with Gasteiger partial charge in [0.25, 0.3) is 0 Å². The fraction of sp³-hybridized carbons (Fsp3) is 0.500. The van der Waals surface area contributed by atoms with Gasteiger partial charge in [0.15, 0.2) is 0 Å². The van der Waals surface area contributed by atoms with Gasteiger partial charge in [0.2, 0.25) is 5.91 Å². The maximum atomic E-state index is 12.4. The molecule has 4 nitrogen and oxygen atoms in total. The average Bonchev–Trinajstić information content (AvgIpc) is 2.43. The number of hydrogen-bond donors (Lipinski definition) is 2. The van der Waals surface area contributed by atoms with Crippen LogP contribution in [-0.2, 0) is 16.0 Å². The third kappa shape index (κ3) is 3.00. The summed E-state index contributed by atoms with van der Waals surface area (Å²) in [7, 11) is 0. The maximum absolute atomic E-state index is 12.4. The lowest BCUT2D eigenvalue weighted by molar-refractivity contribution is -0.143. The number of carbonyl (C=O) groups excluding carboxylic acids is 1. The first kappa shape index (κ1) is 14.6. The number of aryl methyl sites for hydroxylation is 1. The van der Waals surface area contributed by atoms with Crippen LogP contribution in [0, 0.1) is 5.92 Å². The number of fused-ring (bicyclic) bond motifs is 1. The molecule has 2 N–H and O–H groups in total. The molecule has 1 aliphatic carbocycles. The van der Waals surface area contributed by atoms with Crippen LogP contribution in [0.15, 0.2) is 24.3 Å². The Hall–Kier alpha value is -1.84. The summed E-state index contributed by atoms with van der Waals surface area (Å²) in [6.45, 7) is 3.60. The molecule has 1 aliphatic rings. The third-order valence-corrected chi connectivity index (χ3v) is 3.92. The van der Waals surface area contributed by atoms with Crippen LogP contribution in [0.4, 0.5) is 0 Å². The van der Waals surface area contributed by atoms with Crippen LogP contribution in [0.25, 0.3) is 0 Å². The molecule has 0 bridgehead atoms. The predicted octanol–water partition coefficient (Wildman–Crippen LogP) is 2.33. The van der Waals surface area contributed by atoms with Crippen LogP contribution in [-0.4, -0.2) is 23.0 Å². The Bertz CT molecular complexity index is 510. The Kier molecular flexibility index (Phi) is 4.42. The van der Waals surface area contributed by atoms with Crippen molar-refractivity contribution in [2.75, 3.05) is 0 Å². The fourth-order valence-corrected chi connectivity index (χ4v) is 2.79. The minimum Gasteiger partial charge on any atom is -0.480 e. The molecule has 0 saturated carbocycles. The van der Waals surface area contributed by atoms with Crippen molar-refractivity contribution in [2.24, 2.45) is 5.92 Å². The molecule has 0 fully saturated rings. The maximum Gasteiger partial charge on any atom is 0.326 e. The van der Waals surface area contributed by atoms with Crippen molar-refractivity contribution < 1.29 is 14.7 Å². The first-order chi connectivity index (χ1) is 9.50. The number of hydrogen-bond acceptors (Lipinski definition) is 2. The van der Waals surface area contributed by atoms with Crippen molar-refractivity contribution in [2.45, 2.75) is 45.1 Å². The fourth-order valence-electron chi connectivity index (χ4n) is 2.79. The SMILES string of the molecule is CC(C)[C@H](NC(=O)C1CCCc2ccccc21)C(=O)O. The van der Waals surface area contributed by atoms with Gasteiger partial charge in [0.1, 0.15) is 6.04 Å². The lowest BCUT2D eigenvalue weighted by atomic mass is 9.82. The molecule has 0 radical (unpaired) electrons. The summed E-state index contributed by atoms with van der Waals surface area (Å²) in [5, 5.41) is 11.9. The number of carboxylic acids is 1.